The number of fused-ring (bicyclic) bond motifs is 3. The number of benzene rings is 1. The Labute approximate surface area is 215 Å². The van der Waals surface area contributed by atoms with E-state index in [1.165, 1.54) is 4.90 Å². The number of anilines is 1. The van der Waals surface area contributed by atoms with E-state index in [1.807, 2.05) is 44.1 Å². The number of nitrogens with two attached hydrogens (primary N) is 1. The van der Waals surface area contributed by atoms with E-state index in [2.05, 4.69) is 0 Å². The molecule has 11 heteroatoms. The van der Waals surface area contributed by atoms with Crippen molar-refractivity contribution in [1.82, 2.24) is 9.80 Å². The number of primary amides is 1. The summed E-state index contributed by atoms with van der Waals surface area (Å²) in [6.45, 7) is 0.365. The third-order valence-corrected chi connectivity index (χ3v) is 7.74. The van der Waals surface area contributed by atoms with E-state index >= 15 is 0 Å². The molecule has 0 aliphatic heterocycles. The molecule has 3 aliphatic rings. The molecule has 37 heavy (non-hydrogen) atoms. The zero-order chi connectivity index (χ0) is 27.7. The minimum absolute atomic E-state index is 0.0544. The summed E-state index contributed by atoms with van der Waals surface area (Å²) in [6.07, 6.45) is 0.302. The monoisotopic (exact) mass is 514 g/mol. The predicted octanol–water partition coefficient (Wildman–Crippen LogP) is 0.0916. The second-order valence-corrected chi connectivity index (χ2v) is 10.9. The van der Waals surface area contributed by atoms with E-state index in [-0.39, 0.29) is 29.7 Å². The van der Waals surface area contributed by atoms with E-state index in [0.717, 1.165) is 5.69 Å². The van der Waals surface area contributed by atoms with Crippen molar-refractivity contribution in [2.24, 2.45) is 17.6 Å². The van der Waals surface area contributed by atoms with Crippen LogP contribution in [0.15, 0.2) is 23.0 Å². The highest BCUT2D eigenvalue weighted by molar-refractivity contribution is 6.24. The van der Waals surface area contributed by atoms with Crippen molar-refractivity contribution in [1.29, 1.82) is 0 Å². The van der Waals surface area contributed by atoms with E-state index in [0.29, 0.717) is 17.7 Å². The number of hydrogen-bond acceptors (Lipinski definition) is 10. The molecule has 200 valence electrons. The second-order valence-electron chi connectivity index (χ2n) is 10.9. The number of aliphatic hydroxyl groups excluding tert-OH is 2. The van der Waals surface area contributed by atoms with Gasteiger partial charge in [0.25, 0.3) is 5.91 Å². The predicted molar refractivity (Wildman–Crippen MR) is 136 cm³/mol. The standard InChI is InChI=1S/C26H34N4O7/c1-28(2)10-12-9-15(29(3)4)13-7-11-8-14-19(30(5)6)22(33)18(25(27)36)24(35)26(14,37)23(34)16(11)21(32)17(13)20(12)31/h9,11,14,19,31-32,35,37H,7-8,10H2,1-6H3,(H2,27,36). The van der Waals surface area contributed by atoms with Crippen molar-refractivity contribution < 1.29 is 34.8 Å². The SMILES string of the molecule is CN(C)Cc1cc(N(C)C)c2c(c1O)C(O)=C1C(=O)C3(O)C(O)=C(C(N)=O)C(=O)C(N(C)C)C3CC1C2. The number of rotatable bonds is 5. The minimum atomic E-state index is -2.65. The highest BCUT2D eigenvalue weighted by atomic mass is 16.3. The first kappa shape index (κ1) is 26.6. The number of phenolic OH excluding ortho intramolecular Hbond substituents is 1. The minimum Gasteiger partial charge on any atom is -0.508 e. The summed E-state index contributed by atoms with van der Waals surface area (Å²) in [7, 11) is 10.5. The number of carbonyl (C=O) groups is 3. The van der Waals surface area contributed by atoms with Crippen LogP contribution >= 0.6 is 0 Å². The third kappa shape index (κ3) is 3.72. The maximum absolute atomic E-state index is 13.9. The molecule has 1 aromatic rings. The number of carbonyl (C=O) groups excluding carboxylic acids is 3. The molecule has 0 heterocycles. The lowest BCUT2D eigenvalue weighted by atomic mass is 9.57. The Bertz CT molecular complexity index is 1280. The molecule has 1 fully saturated rings. The Morgan fingerprint density at radius 1 is 1.11 bits per heavy atom. The molecule has 1 saturated carbocycles. The van der Waals surface area contributed by atoms with Crippen LogP contribution in [0.5, 0.6) is 5.75 Å². The second kappa shape index (κ2) is 8.86. The summed E-state index contributed by atoms with van der Waals surface area (Å²) in [5.41, 5.74) is 3.75. The molecular formula is C26H34N4O7. The molecular weight excluding hydrogens is 480 g/mol. The normalized spacial score (nSPS) is 27.4. The molecule has 1 amide bonds. The fourth-order valence-corrected chi connectivity index (χ4v) is 6.21. The maximum atomic E-state index is 13.9. The molecule has 4 unspecified atom stereocenters. The largest absolute Gasteiger partial charge is 0.508 e. The van der Waals surface area contributed by atoms with E-state index < -0.39 is 58.0 Å². The number of aliphatic hydroxyl groups is 3. The van der Waals surface area contributed by atoms with Gasteiger partial charge in [0.05, 0.1) is 11.6 Å². The number of nitrogens with zero attached hydrogens (tertiary/aromatic N) is 3. The zero-order valence-electron chi connectivity index (χ0n) is 21.9. The number of Topliss-reactive ketones (excluding diaryl/α,β-unsaturated/α-hetero) is 2. The number of hydrogen-bond donors (Lipinski definition) is 5. The number of amides is 1. The van der Waals surface area contributed by atoms with Crippen molar-refractivity contribution >= 4 is 28.9 Å². The number of ketones is 2. The Kier molecular flexibility index (Phi) is 6.38. The van der Waals surface area contributed by atoms with Crippen molar-refractivity contribution in [3.8, 4) is 5.75 Å². The van der Waals surface area contributed by atoms with Gasteiger partial charge in [0.1, 0.15) is 22.8 Å². The summed E-state index contributed by atoms with van der Waals surface area (Å²) in [4.78, 5) is 44.4. The molecule has 11 nitrogen and oxygen atoms in total. The highest BCUT2D eigenvalue weighted by Gasteiger charge is 2.64. The smallest absolute Gasteiger partial charge is 0.255 e. The Morgan fingerprint density at radius 3 is 2.24 bits per heavy atom. The quantitative estimate of drug-likeness (QED) is 0.340. The maximum Gasteiger partial charge on any atom is 0.255 e. The number of aromatic hydroxyl groups is 1. The molecule has 0 saturated heterocycles. The van der Waals surface area contributed by atoms with Gasteiger partial charge in [-0.15, -0.1) is 0 Å². The Hall–Kier alpha value is -3.41. The average molecular weight is 515 g/mol. The van der Waals surface area contributed by atoms with Crippen LogP contribution in [0.2, 0.25) is 0 Å². The average Bonchev–Trinajstić information content (AvgIpc) is 2.77. The van der Waals surface area contributed by atoms with Crippen molar-refractivity contribution in [3.63, 3.8) is 0 Å². The first-order valence-corrected chi connectivity index (χ1v) is 12.0. The van der Waals surface area contributed by atoms with Gasteiger partial charge in [-0.3, -0.25) is 19.3 Å². The highest BCUT2D eigenvalue weighted by Crippen LogP contribution is 2.54. The molecule has 6 N–H and O–H groups in total. The van der Waals surface area contributed by atoms with Gasteiger partial charge in [-0.1, -0.05) is 0 Å². The lowest BCUT2D eigenvalue weighted by Gasteiger charge is -2.50. The van der Waals surface area contributed by atoms with Crippen LogP contribution < -0.4 is 10.6 Å². The van der Waals surface area contributed by atoms with Gasteiger partial charge in [-0.25, -0.2) is 0 Å². The molecule has 0 aromatic heterocycles. The van der Waals surface area contributed by atoms with Crippen molar-refractivity contribution in [2.45, 2.75) is 31.0 Å². The van der Waals surface area contributed by atoms with Crippen molar-refractivity contribution in [2.75, 3.05) is 47.2 Å². The van der Waals surface area contributed by atoms with E-state index in [1.54, 1.807) is 14.1 Å². The van der Waals surface area contributed by atoms with Crippen molar-refractivity contribution in [3.05, 3.63) is 39.7 Å². The summed E-state index contributed by atoms with van der Waals surface area (Å²) in [5.74, 6) is -6.52. The number of likely N-dealkylation sites (N-methyl/N-ethyl adjacent to an activating group) is 1. The molecule has 1 aromatic carbocycles. The molecule has 0 radical (unpaired) electrons. The molecule has 4 atom stereocenters. The fraction of sp³-hybridized carbons (Fsp3) is 0.500. The van der Waals surface area contributed by atoms with Gasteiger partial charge in [-0.2, -0.15) is 0 Å². The summed E-state index contributed by atoms with van der Waals surface area (Å²) in [5, 5.41) is 45.3. The van der Waals surface area contributed by atoms with Gasteiger partial charge < -0.3 is 36.0 Å². The molecule has 0 bridgehead atoms. The van der Waals surface area contributed by atoms with Crippen LogP contribution in [-0.2, 0) is 27.3 Å². The zero-order valence-corrected chi connectivity index (χ0v) is 21.9. The van der Waals surface area contributed by atoms with Gasteiger partial charge in [0, 0.05) is 43.4 Å². The molecule has 4 rings (SSSR count). The molecule has 3 aliphatic carbocycles. The molecule has 0 spiro atoms. The summed E-state index contributed by atoms with van der Waals surface area (Å²) in [6, 6.07) is 0.732. The van der Waals surface area contributed by atoms with E-state index in [4.69, 9.17) is 5.73 Å². The van der Waals surface area contributed by atoms with Gasteiger partial charge >= 0.3 is 0 Å². The van der Waals surface area contributed by atoms with Crippen LogP contribution in [0.1, 0.15) is 23.1 Å². The topological polar surface area (TPSA) is 168 Å². The fourth-order valence-electron chi connectivity index (χ4n) is 6.21. The van der Waals surface area contributed by atoms with Gasteiger partial charge in [-0.05, 0) is 58.6 Å². The van der Waals surface area contributed by atoms with Gasteiger partial charge in [0.2, 0.25) is 5.78 Å². The Morgan fingerprint density at radius 2 is 1.73 bits per heavy atom. The van der Waals surface area contributed by atoms with Crippen LogP contribution in [0.4, 0.5) is 5.69 Å². The summed E-state index contributed by atoms with van der Waals surface area (Å²) >= 11 is 0. The Balaban J connectivity index is 2.00. The van der Waals surface area contributed by atoms with E-state index in [9.17, 15) is 34.8 Å². The van der Waals surface area contributed by atoms with Crippen LogP contribution in [-0.4, -0.2) is 102 Å². The summed E-state index contributed by atoms with van der Waals surface area (Å²) < 4.78 is 0. The first-order valence-electron chi connectivity index (χ1n) is 12.0. The van der Waals surface area contributed by atoms with Crippen LogP contribution in [0.25, 0.3) is 5.76 Å². The lowest BCUT2D eigenvalue weighted by molar-refractivity contribution is -0.153. The first-order chi connectivity index (χ1) is 17.1. The van der Waals surface area contributed by atoms with Crippen LogP contribution in [0, 0.1) is 11.8 Å². The number of phenols is 1. The van der Waals surface area contributed by atoms with Gasteiger partial charge in [0.15, 0.2) is 11.4 Å². The third-order valence-electron chi connectivity index (χ3n) is 7.74. The lowest BCUT2D eigenvalue weighted by Crippen LogP contribution is -2.65. The van der Waals surface area contributed by atoms with Crippen LogP contribution in [0.3, 0.4) is 0 Å².